The van der Waals surface area contributed by atoms with Gasteiger partial charge in [0.2, 0.25) is 0 Å². The number of hydrogen-bond donors (Lipinski definition) is 3. The second-order valence-corrected chi connectivity index (χ2v) is 36.1. The summed E-state index contributed by atoms with van der Waals surface area (Å²) >= 11 is 0. The van der Waals surface area contributed by atoms with Crippen LogP contribution in [0.2, 0.25) is 0 Å². The average molecular weight is 1580 g/mol. The molecule has 0 aliphatic heterocycles. The van der Waals surface area contributed by atoms with E-state index >= 15 is 0 Å². The van der Waals surface area contributed by atoms with Crippen LogP contribution in [0.25, 0.3) is 0 Å². The fourth-order valence-electron chi connectivity index (χ4n) is 13.8. The Kier molecular flexibility index (Phi) is 76.2. The largest absolute Gasteiger partial charge is 0.472 e. The van der Waals surface area contributed by atoms with E-state index in [2.05, 4.69) is 55.4 Å². The van der Waals surface area contributed by atoms with Gasteiger partial charge in [-0.1, -0.05) is 415 Å². The standard InChI is InChI=1S/C89H174O17P2/c1-9-80(6)66-58-50-42-34-28-22-16-14-12-13-15-17-26-32-38-46-55-63-71-89(94)106-85(76-100-87(92)70-62-54-48-40-41-49-57-65-79(4)5)78-104-108(97,98)102-74-83(90)73-101-107(95,96)103-77-84(105-88(93)72-64-56-47-39-33-27-21-19-24-30-36-44-52-60-68-82(8)11-3)75-99-86(91)69-61-53-45-37-31-25-20-18-23-29-35-43-51-59-67-81(7)10-2/h79-85,90H,9-78H2,1-8H3,(H,95,96)(H,97,98)/t80?,81?,82?,83?,84-,85-/m1/s1. The van der Waals surface area contributed by atoms with Gasteiger partial charge in [-0.3, -0.25) is 37.3 Å². The Labute approximate surface area is 664 Å². The minimum atomic E-state index is -4.97. The molecular weight excluding hydrogens is 1400 g/mol. The van der Waals surface area contributed by atoms with Crippen LogP contribution in [-0.2, 0) is 65.4 Å². The normalized spacial score (nSPS) is 14.6. The molecule has 3 N–H and O–H groups in total. The lowest BCUT2D eigenvalue weighted by atomic mass is 9.99. The first-order valence-electron chi connectivity index (χ1n) is 45.8. The monoisotopic (exact) mass is 1580 g/mol. The number of carbonyl (C=O) groups excluding carboxylic acids is 4. The third kappa shape index (κ3) is 78.0. The number of hydrogen-bond acceptors (Lipinski definition) is 15. The highest BCUT2D eigenvalue weighted by molar-refractivity contribution is 7.47. The molecule has 0 fully saturated rings. The molecule has 108 heavy (non-hydrogen) atoms. The Hall–Kier alpha value is -1.94. The Morgan fingerprint density at radius 3 is 0.657 bits per heavy atom. The van der Waals surface area contributed by atoms with Crippen molar-refractivity contribution in [2.45, 2.75) is 485 Å². The highest BCUT2D eigenvalue weighted by Gasteiger charge is 2.31. The van der Waals surface area contributed by atoms with Crippen molar-refractivity contribution in [1.82, 2.24) is 0 Å². The number of phosphoric ester groups is 2. The van der Waals surface area contributed by atoms with Gasteiger partial charge in [-0.25, -0.2) is 9.13 Å². The molecule has 0 heterocycles. The molecule has 0 radical (unpaired) electrons. The Balaban J connectivity index is 5.22. The molecule has 642 valence electrons. The fourth-order valence-corrected chi connectivity index (χ4v) is 15.3. The molecule has 0 aromatic rings. The molecule has 8 atom stereocenters. The van der Waals surface area contributed by atoms with Crippen molar-refractivity contribution in [2.24, 2.45) is 23.7 Å². The van der Waals surface area contributed by atoms with Crippen LogP contribution >= 0.6 is 15.6 Å². The van der Waals surface area contributed by atoms with Gasteiger partial charge in [0, 0.05) is 25.7 Å². The van der Waals surface area contributed by atoms with Crippen LogP contribution in [0.15, 0.2) is 0 Å². The van der Waals surface area contributed by atoms with Crippen LogP contribution in [0.1, 0.15) is 466 Å². The van der Waals surface area contributed by atoms with E-state index in [-0.39, 0.29) is 25.7 Å². The third-order valence-electron chi connectivity index (χ3n) is 21.9. The molecule has 0 aliphatic carbocycles. The van der Waals surface area contributed by atoms with Gasteiger partial charge in [0.1, 0.15) is 19.3 Å². The van der Waals surface area contributed by atoms with Crippen LogP contribution < -0.4 is 0 Å². The van der Waals surface area contributed by atoms with E-state index in [0.717, 1.165) is 114 Å². The summed E-state index contributed by atoms with van der Waals surface area (Å²) in [6.45, 7) is 14.4. The van der Waals surface area contributed by atoms with Gasteiger partial charge in [-0.2, -0.15) is 0 Å². The number of aliphatic hydroxyl groups is 1. The quantitative estimate of drug-likeness (QED) is 0.0222. The van der Waals surface area contributed by atoms with Gasteiger partial charge in [0.05, 0.1) is 26.4 Å². The van der Waals surface area contributed by atoms with Gasteiger partial charge >= 0.3 is 39.5 Å². The van der Waals surface area contributed by atoms with Crippen LogP contribution in [0, 0.1) is 23.7 Å². The first kappa shape index (κ1) is 106. The van der Waals surface area contributed by atoms with E-state index < -0.39 is 97.5 Å². The molecule has 0 spiro atoms. The van der Waals surface area contributed by atoms with E-state index in [1.54, 1.807) is 0 Å². The number of phosphoric acid groups is 2. The second-order valence-electron chi connectivity index (χ2n) is 33.2. The maximum Gasteiger partial charge on any atom is 0.472 e. The van der Waals surface area contributed by atoms with Crippen molar-refractivity contribution < 1.29 is 80.2 Å². The predicted molar refractivity (Wildman–Crippen MR) is 446 cm³/mol. The van der Waals surface area contributed by atoms with Crippen molar-refractivity contribution in [3.8, 4) is 0 Å². The van der Waals surface area contributed by atoms with Gasteiger partial charge in [0.15, 0.2) is 12.2 Å². The lowest BCUT2D eigenvalue weighted by molar-refractivity contribution is -0.161. The van der Waals surface area contributed by atoms with Crippen molar-refractivity contribution in [1.29, 1.82) is 0 Å². The molecule has 0 aromatic heterocycles. The summed E-state index contributed by atoms with van der Waals surface area (Å²) in [6, 6.07) is 0. The highest BCUT2D eigenvalue weighted by atomic mass is 31.2. The van der Waals surface area contributed by atoms with Crippen LogP contribution in [0.3, 0.4) is 0 Å². The zero-order chi connectivity index (χ0) is 79.5. The zero-order valence-corrected chi connectivity index (χ0v) is 73.3. The zero-order valence-electron chi connectivity index (χ0n) is 71.5. The van der Waals surface area contributed by atoms with Gasteiger partial charge in [-0.05, 0) is 49.4 Å². The number of rotatable bonds is 86. The predicted octanol–water partition coefficient (Wildman–Crippen LogP) is 27.1. The molecule has 0 saturated heterocycles. The fraction of sp³-hybridized carbons (Fsp3) is 0.955. The maximum atomic E-state index is 13.2. The minimum Gasteiger partial charge on any atom is -0.462 e. The summed E-state index contributed by atoms with van der Waals surface area (Å²) < 4.78 is 69.0. The second kappa shape index (κ2) is 77.6. The van der Waals surface area contributed by atoms with Gasteiger partial charge in [0.25, 0.3) is 0 Å². The lowest BCUT2D eigenvalue weighted by Gasteiger charge is -2.21. The number of aliphatic hydroxyl groups excluding tert-OH is 1. The third-order valence-corrected chi connectivity index (χ3v) is 23.8. The molecule has 0 aliphatic rings. The van der Waals surface area contributed by atoms with Crippen molar-refractivity contribution in [3.05, 3.63) is 0 Å². The molecule has 17 nitrogen and oxygen atoms in total. The van der Waals surface area contributed by atoms with E-state index in [9.17, 15) is 43.2 Å². The molecule has 6 unspecified atom stereocenters. The van der Waals surface area contributed by atoms with Gasteiger partial charge in [-0.15, -0.1) is 0 Å². The molecule has 0 rings (SSSR count). The molecule has 0 saturated carbocycles. The summed E-state index contributed by atoms with van der Waals surface area (Å²) in [4.78, 5) is 73.3. The molecule has 0 amide bonds. The topological polar surface area (TPSA) is 237 Å². The summed E-state index contributed by atoms with van der Waals surface area (Å²) in [5, 5.41) is 10.7. The van der Waals surface area contributed by atoms with E-state index in [1.165, 1.54) is 263 Å². The van der Waals surface area contributed by atoms with Crippen molar-refractivity contribution in [3.63, 3.8) is 0 Å². The SMILES string of the molecule is CCC(C)CCCCCCCCCCCCCCCCCCCCC(=O)O[C@H](COC(=O)CCCCCCCCCC(C)C)COP(=O)(O)OCC(O)COP(=O)(O)OC[C@@H](COC(=O)CCCCCCCCCCCCCCCCC(C)CC)OC(=O)CCCCCCCCCCCCCCCCC(C)CC. The van der Waals surface area contributed by atoms with E-state index in [0.29, 0.717) is 31.6 Å². The summed E-state index contributed by atoms with van der Waals surface area (Å²) in [6.07, 6.45) is 68.0. The van der Waals surface area contributed by atoms with Crippen LogP contribution in [0.4, 0.5) is 0 Å². The van der Waals surface area contributed by atoms with Crippen molar-refractivity contribution >= 4 is 39.5 Å². The minimum absolute atomic E-state index is 0.107. The number of esters is 4. The number of unbranched alkanes of at least 4 members (excludes halogenated alkanes) is 49. The summed E-state index contributed by atoms with van der Waals surface area (Å²) in [7, 11) is -9.93. The van der Waals surface area contributed by atoms with E-state index in [1.807, 2.05) is 0 Å². The summed E-state index contributed by atoms with van der Waals surface area (Å²) in [5.74, 6) is 1.17. The van der Waals surface area contributed by atoms with Gasteiger partial charge < -0.3 is 33.8 Å². The Bertz CT molecular complexity index is 2100. The first-order chi connectivity index (χ1) is 52.2. The first-order valence-corrected chi connectivity index (χ1v) is 48.8. The number of carbonyl (C=O) groups is 4. The highest BCUT2D eigenvalue weighted by Crippen LogP contribution is 2.45. The van der Waals surface area contributed by atoms with E-state index in [4.69, 9.17) is 37.0 Å². The van der Waals surface area contributed by atoms with Crippen molar-refractivity contribution in [2.75, 3.05) is 39.6 Å². The lowest BCUT2D eigenvalue weighted by Crippen LogP contribution is -2.30. The molecular formula is C89H174O17P2. The van der Waals surface area contributed by atoms with Crippen LogP contribution in [-0.4, -0.2) is 96.7 Å². The molecule has 19 heteroatoms. The van der Waals surface area contributed by atoms with Crippen LogP contribution in [0.5, 0.6) is 0 Å². The summed E-state index contributed by atoms with van der Waals surface area (Å²) in [5.41, 5.74) is 0. The molecule has 0 bridgehead atoms. The Morgan fingerprint density at radius 2 is 0.444 bits per heavy atom. The molecule has 0 aromatic carbocycles. The average Bonchev–Trinajstić information content (AvgIpc) is 0.904. The number of ether oxygens (including phenoxy) is 4. The Morgan fingerprint density at radius 1 is 0.259 bits per heavy atom. The smallest absolute Gasteiger partial charge is 0.462 e. The maximum absolute atomic E-state index is 13.2.